The highest BCUT2D eigenvalue weighted by Crippen LogP contribution is 2.39. The van der Waals surface area contributed by atoms with Crippen molar-refractivity contribution in [3.63, 3.8) is 0 Å². The lowest BCUT2D eigenvalue weighted by Crippen LogP contribution is -2.44. The molecule has 0 unspecified atom stereocenters. The summed E-state index contributed by atoms with van der Waals surface area (Å²) >= 11 is 0. The molecule has 2 heterocycles. The maximum atomic E-state index is 16.0. The quantitative estimate of drug-likeness (QED) is 0.206. The van der Waals surface area contributed by atoms with Gasteiger partial charge < -0.3 is 9.53 Å². The molecular formula is C32H33F2N3O2Si. The molecule has 2 aromatic heterocycles. The average Bonchev–Trinajstić information content (AvgIpc) is 3.22. The minimum atomic E-state index is -2.29. The highest BCUT2D eigenvalue weighted by molar-refractivity contribution is 6.74. The molecule has 8 heteroatoms. The van der Waals surface area contributed by atoms with Crippen LogP contribution in [0.2, 0.25) is 18.1 Å². The van der Waals surface area contributed by atoms with E-state index in [2.05, 4.69) is 33.9 Å². The Labute approximate surface area is 234 Å². The number of aromatic nitrogens is 3. The molecular weight excluding hydrogens is 524 g/mol. The van der Waals surface area contributed by atoms with Gasteiger partial charge in [-0.05, 0) is 53.5 Å². The summed E-state index contributed by atoms with van der Waals surface area (Å²) in [5.74, 6) is -0.687. The van der Waals surface area contributed by atoms with Crippen molar-refractivity contribution >= 4 is 14.0 Å². The van der Waals surface area contributed by atoms with Crippen molar-refractivity contribution < 1.29 is 18.3 Å². The largest absolute Gasteiger partial charge is 0.542 e. The van der Waals surface area contributed by atoms with Crippen LogP contribution in [-0.4, -0.2) is 27.8 Å². The predicted octanol–water partition coefficient (Wildman–Crippen LogP) is 7.95. The van der Waals surface area contributed by atoms with Crippen LogP contribution >= 0.6 is 0 Å². The Morgan fingerprint density at radius 1 is 0.825 bits per heavy atom. The van der Waals surface area contributed by atoms with Crippen LogP contribution in [0.15, 0.2) is 79.0 Å². The molecule has 5 rings (SSSR count). The summed E-state index contributed by atoms with van der Waals surface area (Å²) in [7, 11) is -2.29. The highest BCUT2D eigenvalue weighted by atomic mass is 28.4. The van der Waals surface area contributed by atoms with E-state index in [1.54, 1.807) is 40.9 Å². The molecule has 0 amide bonds. The Morgan fingerprint density at radius 3 is 2.15 bits per heavy atom. The van der Waals surface area contributed by atoms with Crippen LogP contribution < -0.4 is 4.43 Å². The SMILES string of the molecule is CC(C)(C)[Si](C)(C)Oc1cccc(-c2cn3c(O)c(Cc4ccc(F)cc4)nc3c(Cc3ccccc3)n2)c1F. The predicted molar refractivity (Wildman–Crippen MR) is 156 cm³/mol. The number of fused-ring (bicyclic) bond motifs is 1. The number of nitrogens with zero attached hydrogens (tertiary/aromatic N) is 3. The van der Waals surface area contributed by atoms with Crippen molar-refractivity contribution in [2.45, 2.75) is 51.7 Å². The van der Waals surface area contributed by atoms with Crippen molar-refractivity contribution in [3.8, 4) is 22.9 Å². The molecule has 0 saturated heterocycles. The molecule has 3 aromatic carbocycles. The average molecular weight is 558 g/mol. The third kappa shape index (κ3) is 5.49. The fourth-order valence-electron chi connectivity index (χ4n) is 4.31. The van der Waals surface area contributed by atoms with Crippen molar-refractivity contribution in [2.24, 2.45) is 0 Å². The second-order valence-corrected chi connectivity index (χ2v) is 16.3. The van der Waals surface area contributed by atoms with Crippen LogP contribution in [0.4, 0.5) is 8.78 Å². The summed E-state index contributed by atoms with van der Waals surface area (Å²) in [5, 5.41) is 11.1. The second-order valence-electron chi connectivity index (χ2n) is 11.6. The van der Waals surface area contributed by atoms with Crippen LogP contribution in [0.5, 0.6) is 11.6 Å². The normalized spacial score (nSPS) is 12.2. The van der Waals surface area contributed by atoms with Gasteiger partial charge in [-0.1, -0.05) is 69.3 Å². The fourth-order valence-corrected chi connectivity index (χ4v) is 5.32. The number of halogens is 2. The maximum absolute atomic E-state index is 16.0. The first-order valence-electron chi connectivity index (χ1n) is 13.3. The van der Waals surface area contributed by atoms with Crippen molar-refractivity contribution in [1.29, 1.82) is 0 Å². The number of hydrogen-bond acceptors (Lipinski definition) is 4. The molecule has 206 valence electrons. The zero-order valence-electron chi connectivity index (χ0n) is 23.4. The lowest BCUT2D eigenvalue weighted by atomic mass is 10.1. The van der Waals surface area contributed by atoms with E-state index in [1.165, 1.54) is 12.1 Å². The van der Waals surface area contributed by atoms with Gasteiger partial charge in [-0.2, -0.15) is 0 Å². The van der Waals surface area contributed by atoms with Crippen LogP contribution in [0, 0.1) is 11.6 Å². The lowest BCUT2D eigenvalue weighted by molar-refractivity contribution is 0.442. The van der Waals surface area contributed by atoms with Crippen molar-refractivity contribution in [3.05, 3.63) is 113 Å². The minimum absolute atomic E-state index is 0.0635. The number of benzene rings is 3. The van der Waals surface area contributed by atoms with E-state index in [0.29, 0.717) is 35.6 Å². The van der Waals surface area contributed by atoms with Gasteiger partial charge in [0.25, 0.3) is 8.32 Å². The Hall–Kier alpha value is -4.04. The molecule has 0 aliphatic carbocycles. The first-order chi connectivity index (χ1) is 18.9. The van der Waals surface area contributed by atoms with E-state index in [-0.39, 0.29) is 28.0 Å². The summed E-state index contributed by atoms with van der Waals surface area (Å²) in [6.07, 6.45) is 2.35. The number of rotatable bonds is 7. The Bertz CT molecular complexity index is 1660. The van der Waals surface area contributed by atoms with Gasteiger partial charge in [0.1, 0.15) is 17.3 Å². The number of aromatic hydroxyl groups is 1. The maximum Gasteiger partial charge on any atom is 0.250 e. The zero-order chi connectivity index (χ0) is 28.7. The summed E-state index contributed by atoms with van der Waals surface area (Å²) in [6, 6.07) is 21.0. The first-order valence-corrected chi connectivity index (χ1v) is 16.2. The van der Waals surface area contributed by atoms with Crippen LogP contribution in [0.3, 0.4) is 0 Å². The highest BCUT2D eigenvalue weighted by Gasteiger charge is 2.39. The molecule has 0 aliphatic heterocycles. The van der Waals surface area contributed by atoms with E-state index < -0.39 is 14.1 Å². The van der Waals surface area contributed by atoms with E-state index >= 15 is 4.39 Å². The van der Waals surface area contributed by atoms with Crippen LogP contribution in [-0.2, 0) is 12.8 Å². The molecule has 0 atom stereocenters. The van der Waals surface area contributed by atoms with E-state index in [9.17, 15) is 9.50 Å². The van der Waals surface area contributed by atoms with Gasteiger partial charge in [0.05, 0.1) is 11.4 Å². The monoisotopic (exact) mass is 557 g/mol. The summed E-state index contributed by atoms with van der Waals surface area (Å²) < 4.78 is 37.3. The first kappa shape index (κ1) is 27.5. The van der Waals surface area contributed by atoms with Gasteiger partial charge in [0.15, 0.2) is 11.5 Å². The van der Waals surface area contributed by atoms with Gasteiger partial charge >= 0.3 is 0 Å². The standard InChI is InChI=1S/C32H33F2N3O2Si/c1-32(2,3)40(4,5)39-28-13-9-12-24(29(28)34)27-20-37-30(25(35-27)18-21-10-7-6-8-11-21)36-26(31(37)38)19-22-14-16-23(33)17-15-22/h6-17,20,38H,18-19H2,1-5H3. The zero-order valence-corrected chi connectivity index (χ0v) is 24.4. The third-order valence-electron chi connectivity index (χ3n) is 7.63. The molecule has 40 heavy (non-hydrogen) atoms. The molecule has 0 spiro atoms. The van der Waals surface area contributed by atoms with Gasteiger partial charge in [0, 0.05) is 24.6 Å². The molecule has 1 N–H and O–H groups in total. The van der Waals surface area contributed by atoms with E-state index in [4.69, 9.17) is 14.4 Å². The van der Waals surface area contributed by atoms with Crippen LogP contribution in [0.1, 0.15) is 43.3 Å². The van der Waals surface area contributed by atoms with Gasteiger partial charge in [0.2, 0.25) is 5.88 Å². The Balaban J connectivity index is 1.63. The number of imidazole rings is 1. The Morgan fingerprint density at radius 2 is 1.48 bits per heavy atom. The van der Waals surface area contributed by atoms with Gasteiger partial charge in [-0.3, -0.25) is 4.40 Å². The molecule has 0 saturated carbocycles. The molecule has 5 aromatic rings. The smallest absolute Gasteiger partial charge is 0.250 e. The third-order valence-corrected chi connectivity index (χ3v) is 12.0. The summed E-state index contributed by atoms with van der Waals surface area (Å²) in [6.45, 7) is 10.5. The Kier molecular flexibility index (Phi) is 7.22. The van der Waals surface area contributed by atoms with Gasteiger partial charge in [-0.25, -0.2) is 18.7 Å². The fraction of sp³-hybridized carbons (Fsp3) is 0.250. The molecule has 0 bridgehead atoms. The topological polar surface area (TPSA) is 59.7 Å². The minimum Gasteiger partial charge on any atom is -0.542 e. The lowest BCUT2D eigenvalue weighted by Gasteiger charge is -2.36. The van der Waals surface area contributed by atoms with Crippen molar-refractivity contribution in [2.75, 3.05) is 0 Å². The molecule has 0 fully saturated rings. The van der Waals surface area contributed by atoms with E-state index in [0.717, 1.165) is 11.1 Å². The molecule has 0 radical (unpaired) electrons. The summed E-state index contributed by atoms with van der Waals surface area (Å²) in [4.78, 5) is 9.58. The van der Waals surface area contributed by atoms with E-state index in [1.807, 2.05) is 30.3 Å². The summed E-state index contributed by atoms with van der Waals surface area (Å²) in [5.41, 5.74) is 3.95. The van der Waals surface area contributed by atoms with Crippen molar-refractivity contribution in [1.82, 2.24) is 14.4 Å². The molecule has 5 nitrogen and oxygen atoms in total. The van der Waals surface area contributed by atoms with Gasteiger partial charge in [-0.15, -0.1) is 0 Å². The second kappa shape index (κ2) is 10.5. The van der Waals surface area contributed by atoms with Crippen LogP contribution in [0.25, 0.3) is 16.9 Å². The molecule has 0 aliphatic rings. The number of hydrogen-bond donors (Lipinski definition) is 1.